The molecule has 1 aromatic heterocycles. The smallest absolute Gasteiger partial charge is 0.244 e. The van der Waals surface area contributed by atoms with Gasteiger partial charge in [-0.2, -0.15) is 0 Å². The van der Waals surface area contributed by atoms with Crippen LogP contribution in [0, 0.1) is 5.41 Å². The molecule has 3 rings (SSSR count). The van der Waals surface area contributed by atoms with Crippen molar-refractivity contribution in [3.8, 4) is 11.4 Å². The minimum Gasteiger partial charge on any atom is -0.505 e. The standard InChI is InChI=1S/C25H32N4O2/c1-16(23(26)31)11-12-17-13-18(25(5,6)15-24(2,3)4)14-21(22(17)30)29-27-19-9-7-8-10-20(19)28-29/h7-11,13-14,30H,12,15H2,1-6H3,(H2,26,31). The van der Waals surface area contributed by atoms with Crippen LogP contribution in [-0.2, 0) is 16.6 Å². The number of carbonyl (C=O) groups is 1. The topological polar surface area (TPSA) is 94.0 Å². The van der Waals surface area contributed by atoms with Gasteiger partial charge in [0, 0.05) is 11.1 Å². The molecule has 1 heterocycles. The highest BCUT2D eigenvalue weighted by Gasteiger charge is 2.29. The fourth-order valence-electron chi connectivity index (χ4n) is 4.14. The first-order valence-corrected chi connectivity index (χ1v) is 10.5. The molecule has 3 N–H and O–H groups in total. The van der Waals surface area contributed by atoms with Crippen LogP contribution in [0.25, 0.3) is 16.7 Å². The maximum absolute atomic E-state index is 11.4. The Balaban J connectivity index is 2.17. The number of amides is 1. The number of aromatic hydroxyl groups is 1. The van der Waals surface area contributed by atoms with Crippen molar-refractivity contribution in [1.29, 1.82) is 0 Å². The number of benzene rings is 2. The van der Waals surface area contributed by atoms with E-state index in [9.17, 15) is 9.90 Å². The fourth-order valence-corrected chi connectivity index (χ4v) is 4.14. The van der Waals surface area contributed by atoms with Gasteiger partial charge in [-0.3, -0.25) is 4.79 Å². The van der Waals surface area contributed by atoms with Gasteiger partial charge in [-0.1, -0.05) is 58.9 Å². The molecule has 0 fully saturated rings. The van der Waals surface area contributed by atoms with Gasteiger partial charge in [0.2, 0.25) is 5.91 Å². The van der Waals surface area contributed by atoms with Crippen LogP contribution in [0.2, 0.25) is 0 Å². The van der Waals surface area contributed by atoms with Crippen molar-refractivity contribution in [1.82, 2.24) is 15.0 Å². The third-order valence-electron chi connectivity index (χ3n) is 5.44. The van der Waals surface area contributed by atoms with Crippen molar-refractivity contribution in [2.75, 3.05) is 0 Å². The Morgan fingerprint density at radius 3 is 2.19 bits per heavy atom. The minimum absolute atomic E-state index is 0.101. The second-order valence-electron chi connectivity index (χ2n) is 10.1. The Morgan fingerprint density at radius 2 is 1.68 bits per heavy atom. The number of phenols is 1. The van der Waals surface area contributed by atoms with Gasteiger partial charge in [0.25, 0.3) is 0 Å². The van der Waals surface area contributed by atoms with Crippen molar-refractivity contribution in [3.63, 3.8) is 0 Å². The maximum atomic E-state index is 11.4. The third-order valence-corrected chi connectivity index (χ3v) is 5.44. The van der Waals surface area contributed by atoms with Gasteiger partial charge < -0.3 is 10.8 Å². The molecule has 6 nitrogen and oxygen atoms in total. The summed E-state index contributed by atoms with van der Waals surface area (Å²) >= 11 is 0. The third kappa shape index (κ3) is 5.13. The number of phenolic OH excluding ortho intramolecular Hbond substituents is 1. The number of rotatable bonds is 6. The molecule has 0 unspecified atom stereocenters. The molecule has 0 aliphatic rings. The summed E-state index contributed by atoms with van der Waals surface area (Å²) in [7, 11) is 0. The van der Waals surface area contributed by atoms with E-state index < -0.39 is 5.91 Å². The summed E-state index contributed by atoms with van der Waals surface area (Å²) < 4.78 is 0. The summed E-state index contributed by atoms with van der Waals surface area (Å²) in [4.78, 5) is 12.9. The number of nitrogens with two attached hydrogens (primary N) is 1. The average molecular weight is 421 g/mol. The zero-order valence-electron chi connectivity index (χ0n) is 19.2. The molecule has 0 atom stereocenters. The van der Waals surface area contributed by atoms with Gasteiger partial charge in [-0.15, -0.1) is 15.0 Å². The van der Waals surface area contributed by atoms with E-state index in [2.05, 4.69) is 44.8 Å². The Labute approximate surface area is 183 Å². The van der Waals surface area contributed by atoms with Gasteiger partial charge in [0.05, 0.1) is 0 Å². The van der Waals surface area contributed by atoms with Crippen LogP contribution in [0.15, 0.2) is 48.0 Å². The van der Waals surface area contributed by atoms with Crippen molar-refractivity contribution < 1.29 is 9.90 Å². The largest absolute Gasteiger partial charge is 0.505 e. The van der Waals surface area contributed by atoms with E-state index in [-0.39, 0.29) is 16.6 Å². The van der Waals surface area contributed by atoms with Gasteiger partial charge in [0.15, 0.2) is 0 Å². The first-order valence-electron chi connectivity index (χ1n) is 10.5. The molecule has 0 saturated carbocycles. The summed E-state index contributed by atoms with van der Waals surface area (Å²) in [5, 5.41) is 20.2. The average Bonchev–Trinajstić information content (AvgIpc) is 3.08. The fraction of sp³-hybridized carbons (Fsp3) is 0.400. The number of hydrogen-bond donors (Lipinski definition) is 2. The van der Waals surface area contributed by atoms with E-state index in [4.69, 9.17) is 5.73 Å². The summed E-state index contributed by atoms with van der Waals surface area (Å²) in [6.07, 6.45) is 3.08. The number of primary amides is 1. The van der Waals surface area contributed by atoms with E-state index in [1.807, 2.05) is 36.4 Å². The number of fused-ring (bicyclic) bond motifs is 1. The molecule has 0 spiro atoms. The molecular formula is C25H32N4O2. The zero-order chi connectivity index (χ0) is 23.0. The summed E-state index contributed by atoms with van der Waals surface area (Å²) in [5.74, 6) is -0.368. The van der Waals surface area contributed by atoms with Gasteiger partial charge >= 0.3 is 0 Å². The van der Waals surface area contributed by atoms with E-state index in [1.165, 1.54) is 4.80 Å². The van der Waals surface area contributed by atoms with Gasteiger partial charge in [0.1, 0.15) is 22.5 Å². The molecule has 0 radical (unpaired) electrons. The number of aromatic nitrogens is 3. The predicted molar refractivity (Wildman–Crippen MR) is 124 cm³/mol. The molecule has 6 heteroatoms. The van der Waals surface area contributed by atoms with Crippen LogP contribution in [0.3, 0.4) is 0 Å². The minimum atomic E-state index is -0.469. The second kappa shape index (κ2) is 8.17. The van der Waals surface area contributed by atoms with Crippen LogP contribution in [0.1, 0.15) is 59.1 Å². The molecule has 0 saturated heterocycles. The Kier molecular flexibility index (Phi) is 5.94. The number of hydrogen-bond acceptors (Lipinski definition) is 4. The highest BCUT2D eigenvalue weighted by atomic mass is 16.3. The number of carbonyl (C=O) groups excluding carboxylic acids is 1. The first-order chi connectivity index (χ1) is 14.4. The maximum Gasteiger partial charge on any atom is 0.244 e. The van der Waals surface area contributed by atoms with E-state index in [1.54, 1.807) is 13.0 Å². The van der Waals surface area contributed by atoms with Crippen LogP contribution >= 0.6 is 0 Å². The SMILES string of the molecule is CC(=CCc1cc(C(C)(C)CC(C)(C)C)cc(-n2nc3ccccc3n2)c1O)C(N)=O. The number of nitrogens with zero attached hydrogens (tertiary/aromatic N) is 3. The lowest BCUT2D eigenvalue weighted by atomic mass is 9.72. The van der Waals surface area contributed by atoms with Crippen LogP contribution in [0.5, 0.6) is 5.75 Å². The van der Waals surface area contributed by atoms with Crippen LogP contribution in [0.4, 0.5) is 0 Å². The van der Waals surface area contributed by atoms with Gasteiger partial charge in [-0.05, 0) is 54.4 Å². The summed E-state index contributed by atoms with van der Waals surface area (Å²) in [6, 6.07) is 11.6. The Bertz CT molecular complexity index is 1120. The van der Waals surface area contributed by atoms with E-state index >= 15 is 0 Å². The molecule has 0 aliphatic carbocycles. The molecule has 3 aromatic rings. The van der Waals surface area contributed by atoms with Crippen molar-refractivity contribution in [2.45, 2.75) is 59.8 Å². The molecule has 0 bridgehead atoms. The van der Waals surface area contributed by atoms with E-state index in [0.29, 0.717) is 23.2 Å². The predicted octanol–water partition coefficient (Wildman–Crippen LogP) is 4.81. The van der Waals surface area contributed by atoms with Crippen LogP contribution in [-0.4, -0.2) is 26.0 Å². The van der Waals surface area contributed by atoms with Crippen molar-refractivity contribution in [3.05, 3.63) is 59.2 Å². The Hall–Kier alpha value is -3.15. The lowest BCUT2D eigenvalue weighted by Gasteiger charge is -2.33. The first kappa shape index (κ1) is 22.5. The van der Waals surface area contributed by atoms with Gasteiger partial charge in [-0.25, -0.2) is 0 Å². The molecule has 0 aliphatic heterocycles. The molecule has 31 heavy (non-hydrogen) atoms. The highest BCUT2D eigenvalue weighted by molar-refractivity contribution is 5.91. The highest BCUT2D eigenvalue weighted by Crippen LogP contribution is 2.40. The zero-order valence-corrected chi connectivity index (χ0v) is 19.2. The summed E-state index contributed by atoms with van der Waals surface area (Å²) in [5.41, 5.74) is 9.64. The molecular weight excluding hydrogens is 388 g/mol. The summed E-state index contributed by atoms with van der Waals surface area (Å²) in [6.45, 7) is 12.7. The quantitative estimate of drug-likeness (QED) is 0.559. The second-order valence-corrected chi connectivity index (χ2v) is 10.1. The lowest BCUT2D eigenvalue weighted by Crippen LogP contribution is -2.25. The normalized spacial score (nSPS) is 13.0. The molecule has 164 valence electrons. The van der Waals surface area contributed by atoms with Crippen molar-refractivity contribution >= 4 is 16.9 Å². The lowest BCUT2D eigenvalue weighted by molar-refractivity contribution is -0.114. The number of allylic oxidation sites excluding steroid dienone is 1. The van der Waals surface area contributed by atoms with Crippen LogP contribution < -0.4 is 5.73 Å². The van der Waals surface area contributed by atoms with Crippen molar-refractivity contribution in [2.24, 2.45) is 11.1 Å². The molecule has 1 amide bonds. The molecule has 2 aromatic carbocycles. The van der Waals surface area contributed by atoms with E-state index in [0.717, 1.165) is 23.0 Å². The Morgan fingerprint density at radius 1 is 1.10 bits per heavy atom. The monoisotopic (exact) mass is 420 g/mol.